The molecule has 0 unspecified atom stereocenters. The molecule has 0 spiro atoms. The predicted octanol–water partition coefficient (Wildman–Crippen LogP) is 4.07. The molecule has 0 bridgehead atoms. The summed E-state index contributed by atoms with van der Waals surface area (Å²) in [5.41, 5.74) is 1.67. The Labute approximate surface area is 126 Å². The van der Waals surface area contributed by atoms with Gasteiger partial charge in [0.2, 0.25) is 0 Å². The summed E-state index contributed by atoms with van der Waals surface area (Å²) < 4.78 is 0. The molecule has 3 aromatic rings. The number of benzene rings is 3. The van der Waals surface area contributed by atoms with E-state index in [1.54, 1.807) is 6.08 Å². The molecule has 3 aromatic carbocycles. The molecule has 0 aliphatic heterocycles. The molecule has 2 atom stereocenters. The second-order valence-corrected chi connectivity index (χ2v) is 5.75. The van der Waals surface area contributed by atoms with Gasteiger partial charge in [-0.2, -0.15) is 0 Å². The zero-order chi connectivity index (χ0) is 14.6. The molecule has 0 saturated carbocycles. The SMILES string of the molecule is O[C@H]1C=Cc2c(ccc3c(Cl)c4ccccc4cc23)[C@@H]1O. The van der Waals surface area contributed by atoms with Gasteiger partial charge in [-0.3, -0.25) is 0 Å². The lowest BCUT2D eigenvalue weighted by Gasteiger charge is -2.23. The van der Waals surface area contributed by atoms with E-state index in [0.717, 1.165) is 37.7 Å². The van der Waals surface area contributed by atoms with E-state index in [1.165, 1.54) is 0 Å². The van der Waals surface area contributed by atoms with Crippen LogP contribution in [0.15, 0.2) is 48.5 Å². The molecule has 104 valence electrons. The summed E-state index contributed by atoms with van der Waals surface area (Å²) in [5, 5.41) is 24.7. The molecule has 21 heavy (non-hydrogen) atoms. The summed E-state index contributed by atoms with van der Waals surface area (Å²) in [7, 11) is 0. The summed E-state index contributed by atoms with van der Waals surface area (Å²) in [5.74, 6) is 0. The first-order valence-electron chi connectivity index (χ1n) is 6.85. The lowest BCUT2D eigenvalue weighted by atomic mass is 9.88. The maximum atomic E-state index is 10.1. The summed E-state index contributed by atoms with van der Waals surface area (Å²) >= 11 is 6.55. The molecule has 0 fully saturated rings. The van der Waals surface area contributed by atoms with E-state index in [2.05, 4.69) is 6.07 Å². The van der Waals surface area contributed by atoms with Gasteiger partial charge in [0.05, 0.1) is 5.02 Å². The van der Waals surface area contributed by atoms with Gasteiger partial charge >= 0.3 is 0 Å². The molecule has 0 aromatic heterocycles. The average molecular weight is 297 g/mol. The first-order chi connectivity index (χ1) is 10.2. The third-order valence-corrected chi connectivity index (χ3v) is 4.56. The Hall–Kier alpha value is -1.87. The Balaban J connectivity index is 2.15. The second kappa shape index (κ2) is 4.57. The third-order valence-electron chi connectivity index (χ3n) is 4.16. The minimum atomic E-state index is -0.889. The molecular weight excluding hydrogens is 284 g/mol. The van der Waals surface area contributed by atoms with E-state index in [-0.39, 0.29) is 0 Å². The highest BCUT2D eigenvalue weighted by atomic mass is 35.5. The number of rotatable bonds is 0. The average Bonchev–Trinajstić information content (AvgIpc) is 2.51. The van der Waals surface area contributed by atoms with Gasteiger partial charge in [-0.1, -0.05) is 60.2 Å². The zero-order valence-corrected chi connectivity index (χ0v) is 11.9. The van der Waals surface area contributed by atoms with Crippen LogP contribution in [0.25, 0.3) is 27.6 Å². The van der Waals surface area contributed by atoms with Crippen molar-refractivity contribution in [2.45, 2.75) is 12.2 Å². The van der Waals surface area contributed by atoms with Crippen LogP contribution >= 0.6 is 11.6 Å². The van der Waals surface area contributed by atoms with E-state index in [4.69, 9.17) is 11.6 Å². The maximum absolute atomic E-state index is 10.1. The van der Waals surface area contributed by atoms with Gasteiger partial charge in [0, 0.05) is 10.8 Å². The monoisotopic (exact) mass is 296 g/mol. The van der Waals surface area contributed by atoms with Crippen LogP contribution in [0.4, 0.5) is 0 Å². The van der Waals surface area contributed by atoms with Gasteiger partial charge in [0.15, 0.2) is 0 Å². The number of fused-ring (bicyclic) bond motifs is 4. The normalized spacial score (nSPS) is 20.9. The first kappa shape index (κ1) is 12.8. The van der Waals surface area contributed by atoms with Crippen LogP contribution in [-0.2, 0) is 0 Å². The number of hydrogen-bond acceptors (Lipinski definition) is 2. The van der Waals surface area contributed by atoms with Crippen molar-refractivity contribution in [2.75, 3.05) is 0 Å². The van der Waals surface area contributed by atoms with Crippen LogP contribution in [-0.4, -0.2) is 16.3 Å². The number of halogens is 1. The number of aliphatic hydroxyl groups is 2. The number of aliphatic hydroxyl groups excluding tert-OH is 2. The molecule has 1 aliphatic rings. The van der Waals surface area contributed by atoms with Crippen molar-refractivity contribution in [3.8, 4) is 0 Å². The van der Waals surface area contributed by atoms with Crippen LogP contribution in [0.2, 0.25) is 5.02 Å². The fraction of sp³-hybridized carbons (Fsp3) is 0.111. The fourth-order valence-electron chi connectivity index (χ4n) is 3.05. The molecule has 0 heterocycles. The number of hydrogen-bond donors (Lipinski definition) is 2. The van der Waals surface area contributed by atoms with Crippen molar-refractivity contribution >= 4 is 39.2 Å². The van der Waals surface area contributed by atoms with Crippen molar-refractivity contribution < 1.29 is 10.2 Å². The standard InChI is InChI=1S/C18H13ClO2/c19-17-11-4-2-1-3-10(11)9-15-12-7-8-16(20)18(21)14(12)6-5-13(15)17/h1-9,16,18,20-21H/t16-,18-/m0/s1. The molecular formula is C18H13ClO2. The van der Waals surface area contributed by atoms with Crippen molar-refractivity contribution in [3.63, 3.8) is 0 Å². The summed E-state index contributed by atoms with van der Waals surface area (Å²) in [6.45, 7) is 0. The van der Waals surface area contributed by atoms with Crippen molar-refractivity contribution in [2.24, 2.45) is 0 Å². The van der Waals surface area contributed by atoms with E-state index < -0.39 is 12.2 Å². The largest absolute Gasteiger partial charge is 0.386 e. The second-order valence-electron chi connectivity index (χ2n) is 5.37. The van der Waals surface area contributed by atoms with Gasteiger partial charge in [-0.15, -0.1) is 0 Å². The summed E-state index contributed by atoms with van der Waals surface area (Å²) in [6.07, 6.45) is 1.74. The first-order valence-corrected chi connectivity index (χ1v) is 7.23. The topological polar surface area (TPSA) is 40.5 Å². The molecule has 2 nitrogen and oxygen atoms in total. The Morgan fingerprint density at radius 1 is 0.905 bits per heavy atom. The molecule has 0 amide bonds. The Bertz CT molecular complexity index is 898. The summed E-state index contributed by atoms with van der Waals surface area (Å²) in [6, 6.07) is 13.8. The van der Waals surface area contributed by atoms with E-state index in [1.807, 2.05) is 42.5 Å². The highest BCUT2D eigenvalue weighted by molar-refractivity contribution is 6.41. The summed E-state index contributed by atoms with van der Waals surface area (Å²) in [4.78, 5) is 0. The van der Waals surface area contributed by atoms with Crippen LogP contribution in [0.3, 0.4) is 0 Å². The van der Waals surface area contributed by atoms with Crippen LogP contribution in [0.5, 0.6) is 0 Å². The molecule has 4 rings (SSSR count). The van der Waals surface area contributed by atoms with Crippen molar-refractivity contribution in [1.82, 2.24) is 0 Å². The molecule has 3 heteroatoms. The Morgan fingerprint density at radius 2 is 1.71 bits per heavy atom. The minimum absolute atomic E-state index is 0.722. The molecule has 0 saturated heterocycles. The van der Waals surface area contributed by atoms with Gasteiger partial charge in [-0.25, -0.2) is 0 Å². The van der Waals surface area contributed by atoms with E-state index >= 15 is 0 Å². The van der Waals surface area contributed by atoms with Gasteiger partial charge in [0.1, 0.15) is 12.2 Å². The fourth-order valence-corrected chi connectivity index (χ4v) is 3.39. The smallest absolute Gasteiger partial charge is 0.109 e. The highest BCUT2D eigenvalue weighted by Gasteiger charge is 2.24. The lowest BCUT2D eigenvalue weighted by Crippen LogP contribution is -2.19. The van der Waals surface area contributed by atoms with Crippen LogP contribution in [0, 0.1) is 0 Å². The molecule has 1 aliphatic carbocycles. The maximum Gasteiger partial charge on any atom is 0.109 e. The third kappa shape index (κ3) is 1.80. The van der Waals surface area contributed by atoms with Crippen molar-refractivity contribution in [3.05, 3.63) is 64.7 Å². The quantitative estimate of drug-likeness (QED) is 0.614. The predicted molar refractivity (Wildman–Crippen MR) is 86.5 cm³/mol. The zero-order valence-electron chi connectivity index (χ0n) is 11.1. The molecule has 2 N–H and O–H groups in total. The van der Waals surface area contributed by atoms with Gasteiger partial charge < -0.3 is 10.2 Å². The van der Waals surface area contributed by atoms with Crippen LogP contribution < -0.4 is 0 Å². The molecule has 0 radical (unpaired) electrons. The Morgan fingerprint density at radius 3 is 2.57 bits per heavy atom. The van der Waals surface area contributed by atoms with Gasteiger partial charge in [-0.05, 0) is 28.0 Å². The minimum Gasteiger partial charge on any atom is -0.386 e. The lowest BCUT2D eigenvalue weighted by molar-refractivity contribution is 0.0471. The van der Waals surface area contributed by atoms with Crippen molar-refractivity contribution in [1.29, 1.82) is 0 Å². The van der Waals surface area contributed by atoms with E-state index in [0.29, 0.717) is 0 Å². The van der Waals surface area contributed by atoms with Crippen LogP contribution in [0.1, 0.15) is 17.2 Å². The Kier molecular flexibility index (Phi) is 2.79. The van der Waals surface area contributed by atoms with Gasteiger partial charge in [0.25, 0.3) is 0 Å². The highest BCUT2D eigenvalue weighted by Crippen LogP contribution is 2.39. The van der Waals surface area contributed by atoms with E-state index in [9.17, 15) is 10.2 Å².